The molecule has 7 heteroatoms. The lowest BCUT2D eigenvalue weighted by molar-refractivity contribution is 0.0221. The summed E-state index contributed by atoms with van der Waals surface area (Å²) in [6, 6.07) is 12.1. The Morgan fingerprint density at radius 2 is 2.32 bits per heavy atom. The standard InChI is InChI=1S/C18H18N4O3/c1-13-12-24-8-7-22(13)18(23)21-15-5-6-17(20-11-15)25-16-4-2-3-14(9-16)10-19/h2-6,9,11,13H,7-8,12H2,1H3,(H,21,23)/t13-/m1/s1. The van der Waals surface area contributed by atoms with Crippen molar-refractivity contribution in [2.75, 3.05) is 25.1 Å². The number of morpholine rings is 1. The van der Waals surface area contributed by atoms with Crippen LogP contribution in [0, 0.1) is 11.3 Å². The zero-order chi connectivity index (χ0) is 17.6. The fraction of sp³-hybridized carbons (Fsp3) is 0.278. The molecule has 1 saturated heterocycles. The summed E-state index contributed by atoms with van der Waals surface area (Å²) in [5.41, 5.74) is 1.10. The molecule has 1 aromatic carbocycles. The van der Waals surface area contributed by atoms with Gasteiger partial charge in [0.2, 0.25) is 5.88 Å². The minimum atomic E-state index is -0.173. The Morgan fingerprint density at radius 1 is 1.44 bits per heavy atom. The molecule has 1 N–H and O–H groups in total. The largest absolute Gasteiger partial charge is 0.439 e. The molecule has 0 aliphatic carbocycles. The van der Waals surface area contributed by atoms with E-state index in [1.165, 1.54) is 6.20 Å². The first-order chi connectivity index (χ1) is 12.2. The maximum atomic E-state index is 12.3. The van der Waals surface area contributed by atoms with Gasteiger partial charge in [0, 0.05) is 12.6 Å². The van der Waals surface area contributed by atoms with Gasteiger partial charge >= 0.3 is 6.03 Å². The first kappa shape index (κ1) is 16.7. The van der Waals surface area contributed by atoms with Gasteiger partial charge < -0.3 is 19.7 Å². The summed E-state index contributed by atoms with van der Waals surface area (Å²) >= 11 is 0. The summed E-state index contributed by atoms with van der Waals surface area (Å²) in [5.74, 6) is 0.915. The van der Waals surface area contributed by atoms with Crippen LogP contribution in [0.5, 0.6) is 11.6 Å². The SMILES string of the molecule is C[C@@H]1COCCN1C(=O)Nc1ccc(Oc2cccc(C#N)c2)nc1. The van der Waals surface area contributed by atoms with E-state index in [9.17, 15) is 4.79 Å². The van der Waals surface area contributed by atoms with E-state index in [-0.39, 0.29) is 12.1 Å². The number of anilines is 1. The van der Waals surface area contributed by atoms with Gasteiger partial charge in [-0.25, -0.2) is 9.78 Å². The highest BCUT2D eigenvalue weighted by atomic mass is 16.5. The predicted octanol–water partition coefficient (Wildman–Crippen LogP) is 3.00. The van der Waals surface area contributed by atoms with Gasteiger partial charge in [-0.2, -0.15) is 5.26 Å². The molecular formula is C18H18N4O3. The fourth-order valence-electron chi connectivity index (χ4n) is 2.49. The fourth-order valence-corrected chi connectivity index (χ4v) is 2.49. The van der Waals surface area contributed by atoms with Gasteiger partial charge in [-0.05, 0) is 31.2 Å². The van der Waals surface area contributed by atoms with Crippen LogP contribution in [0.1, 0.15) is 12.5 Å². The first-order valence-electron chi connectivity index (χ1n) is 7.95. The van der Waals surface area contributed by atoms with Gasteiger partial charge in [0.05, 0.1) is 42.8 Å². The molecule has 0 radical (unpaired) electrons. The number of nitrogens with one attached hydrogen (secondary N) is 1. The Bertz CT molecular complexity index is 786. The highest BCUT2D eigenvalue weighted by Gasteiger charge is 2.23. The normalized spacial score (nSPS) is 16.8. The number of benzene rings is 1. The van der Waals surface area contributed by atoms with E-state index in [0.29, 0.717) is 42.6 Å². The minimum Gasteiger partial charge on any atom is -0.439 e. The van der Waals surface area contributed by atoms with Crippen LogP contribution in [-0.2, 0) is 4.74 Å². The Labute approximate surface area is 145 Å². The number of hydrogen-bond acceptors (Lipinski definition) is 5. The Morgan fingerprint density at radius 3 is 3.04 bits per heavy atom. The third-order valence-electron chi connectivity index (χ3n) is 3.80. The second-order valence-electron chi connectivity index (χ2n) is 5.67. The molecular weight excluding hydrogens is 320 g/mol. The molecule has 25 heavy (non-hydrogen) atoms. The number of pyridine rings is 1. The number of carbonyl (C=O) groups excluding carboxylic acids is 1. The van der Waals surface area contributed by atoms with E-state index in [4.69, 9.17) is 14.7 Å². The Balaban J connectivity index is 1.62. The lowest BCUT2D eigenvalue weighted by atomic mass is 10.2. The molecule has 2 heterocycles. The lowest BCUT2D eigenvalue weighted by Crippen LogP contribution is -2.48. The highest BCUT2D eigenvalue weighted by Crippen LogP contribution is 2.21. The molecule has 1 atom stereocenters. The number of amides is 2. The van der Waals surface area contributed by atoms with Gasteiger partial charge in [-0.1, -0.05) is 6.07 Å². The number of rotatable bonds is 3. The van der Waals surface area contributed by atoms with Gasteiger partial charge in [-0.15, -0.1) is 0 Å². The average molecular weight is 338 g/mol. The number of urea groups is 1. The molecule has 0 saturated carbocycles. The quantitative estimate of drug-likeness (QED) is 0.929. The predicted molar refractivity (Wildman–Crippen MR) is 91.5 cm³/mol. The molecule has 0 bridgehead atoms. The zero-order valence-electron chi connectivity index (χ0n) is 13.8. The second kappa shape index (κ2) is 7.64. The van der Waals surface area contributed by atoms with Crippen molar-refractivity contribution >= 4 is 11.7 Å². The average Bonchev–Trinajstić information content (AvgIpc) is 2.64. The van der Waals surface area contributed by atoms with Crippen LogP contribution < -0.4 is 10.1 Å². The van der Waals surface area contributed by atoms with E-state index >= 15 is 0 Å². The van der Waals surface area contributed by atoms with Crippen LogP contribution in [-0.4, -0.2) is 41.7 Å². The molecule has 1 aromatic heterocycles. The lowest BCUT2D eigenvalue weighted by Gasteiger charge is -2.33. The van der Waals surface area contributed by atoms with E-state index in [2.05, 4.69) is 16.4 Å². The number of aromatic nitrogens is 1. The molecule has 7 nitrogen and oxygen atoms in total. The summed E-state index contributed by atoms with van der Waals surface area (Å²) in [4.78, 5) is 18.2. The van der Waals surface area contributed by atoms with Crippen LogP contribution in [0.25, 0.3) is 0 Å². The summed E-state index contributed by atoms with van der Waals surface area (Å²) in [6.45, 7) is 3.60. The van der Waals surface area contributed by atoms with Crippen molar-refractivity contribution < 1.29 is 14.3 Å². The maximum Gasteiger partial charge on any atom is 0.322 e. The van der Waals surface area contributed by atoms with Crippen LogP contribution in [0.4, 0.5) is 10.5 Å². The van der Waals surface area contributed by atoms with Crippen LogP contribution in [0.15, 0.2) is 42.6 Å². The molecule has 1 aliphatic heterocycles. The van der Waals surface area contributed by atoms with E-state index < -0.39 is 0 Å². The monoisotopic (exact) mass is 338 g/mol. The van der Waals surface area contributed by atoms with E-state index in [1.807, 2.05) is 6.92 Å². The topological polar surface area (TPSA) is 87.5 Å². The van der Waals surface area contributed by atoms with Crippen LogP contribution >= 0.6 is 0 Å². The molecule has 0 unspecified atom stereocenters. The molecule has 0 spiro atoms. The van der Waals surface area contributed by atoms with Gasteiger partial charge in [0.25, 0.3) is 0 Å². The molecule has 2 amide bonds. The van der Waals surface area contributed by atoms with Crippen LogP contribution in [0.3, 0.4) is 0 Å². The Hall–Kier alpha value is -3.11. The van der Waals surface area contributed by atoms with Crippen molar-refractivity contribution in [3.63, 3.8) is 0 Å². The highest BCUT2D eigenvalue weighted by molar-refractivity contribution is 5.89. The summed E-state index contributed by atoms with van der Waals surface area (Å²) in [5, 5.41) is 11.7. The Kier molecular flexibility index (Phi) is 5.11. The minimum absolute atomic E-state index is 0.0386. The number of nitrogens with zero attached hydrogens (tertiary/aromatic N) is 3. The maximum absolute atomic E-state index is 12.3. The molecule has 1 aliphatic rings. The first-order valence-corrected chi connectivity index (χ1v) is 7.95. The van der Waals surface area contributed by atoms with Crippen molar-refractivity contribution in [3.05, 3.63) is 48.2 Å². The molecule has 128 valence electrons. The third kappa shape index (κ3) is 4.25. The van der Waals surface area contributed by atoms with Crippen LogP contribution in [0.2, 0.25) is 0 Å². The number of carbonyl (C=O) groups is 1. The van der Waals surface area contributed by atoms with Gasteiger partial charge in [0.1, 0.15) is 5.75 Å². The third-order valence-corrected chi connectivity index (χ3v) is 3.80. The molecule has 1 fully saturated rings. The van der Waals surface area contributed by atoms with Crippen molar-refractivity contribution in [1.82, 2.24) is 9.88 Å². The zero-order valence-corrected chi connectivity index (χ0v) is 13.8. The summed E-state index contributed by atoms with van der Waals surface area (Å²) in [7, 11) is 0. The number of ether oxygens (including phenoxy) is 2. The van der Waals surface area contributed by atoms with Crippen molar-refractivity contribution in [3.8, 4) is 17.7 Å². The number of hydrogen-bond donors (Lipinski definition) is 1. The summed E-state index contributed by atoms with van der Waals surface area (Å²) < 4.78 is 10.9. The summed E-state index contributed by atoms with van der Waals surface area (Å²) in [6.07, 6.45) is 1.53. The smallest absolute Gasteiger partial charge is 0.322 e. The second-order valence-corrected chi connectivity index (χ2v) is 5.67. The molecule has 3 rings (SSSR count). The van der Waals surface area contributed by atoms with Gasteiger partial charge in [-0.3, -0.25) is 0 Å². The van der Waals surface area contributed by atoms with E-state index in [0.717, 1.165) is 0 Å². The van der Waals surface area contributed by atoms with Crippen molar-refractivity contribution in [2.45, 2.75) is 13.0 Å². The number of nitriles is 1. The van der Waals surface area contributed by atoms with E-state index in [1.54, 1.807) is 41.3 Å². The van der Waals surface area contributed by atoms with Crippen molar-refractivity contribution in [2.24, 2.45) is 0 Å². The van der Waals surface area contributed by atoms with Crippen molar-refractivity contribution in [1.29, 1.82) is 5.26 Å². The van der Waals surface area contributed by atoms with Gasteiger partial charge in [0.15, 0.2) is 0 Å². The molecule has 2 aromatic rings.